The Hall–Kier alpha value is -1.81. The van der Waals surface area contributed by atoms with Crippen molar-refractivity contribution in [1.29, 1.82) is 0 Å². The van der Waals surface area contributed by atoms with Gasteiger partial charge in [0.2, 0.25) is 5.91 Å². The van der Waals surface area contributed by atoms with Gasteiger partial charge in [-0.2, -0.15) is 5.10 Å². The first-order valence-corrected chi connectivity index (χ1v) is 7.24. The van der Waals surface area contributed by atoms with Gasteiger partial charge in [0.05, 0.1) is 5.69 Å². The normalized spacial score (nSPS) is 10.4. The molecule has 0 radical (unpaired) electrons. The molecule has 1 amide bonds. The van der Waals surface area contributed by atoms with Gasteiger partial charge in [-0.25, -0.2) is 0 Å². The molecule has 0 aliphatic carbocycles. The summed E-state index contributed by atoms with van der Waals surface area (Å²) >= 11 is 5.58. The summed E-state index contributed by atoms with van der Waals surface area (Å²) in [5.74, 6) is 0.690. The number of nitrogens with zero attached hydrogens (tertiary/aromatic N) is 1. The SMILES string of the molecule is O=C(CCCCCl)NCc1ccc(-c2ccn[nH]2)cc1. The second-order valence-corrected chi connectivity index (χ2v) is 4.97. The van der Waals surface area contributed by atoms with E-state index in [2.05, 4.69) is 15.5 Å². The number of halogens is 1. The van der Waals surface area contributed by atoms with Crippen LogP contribution in [0.2, 0.25) is 0 Å². The summed E-state index contributed by atoms with van der Waals surface area (Å²) in [6.45, 7) is 0.558. The Morgan fingerprint density at radius 2 is 2.00 bits per heavy atom. The average Bonchev–Trinajstić information content (AvgIpc) is 3.00. The van der Waals surface area contributed by atoms with Crippen LogP contribution in [0.25, 0.3) is 11.3 Å². The summed E-state index contributed by atoms with van der Waals surface area (Å²) in [5.41, 5.74) is 3.15. The van der Waals surface area contributed by atoms with E-state index in [4.69, 9.17) is 11.6 Å². The molecule has 4 nitrogen and oxygen atoms in total. The molecule has 2 N–H and O–H groups in total. The molecule has 0 fully saturated rings. The number of amides is 1. The van der Waals surface area contributed by atoms with E-state index >= 15 is 0 Å². The molecule has 0 bridgehead atoms. The van der Waals surface area contributed by atoms with E-state index in [0.29, 0.717) is 18.8 Å². The molecular weight excluding hydrogens is 274 g/mol. The van der Waals surface area contributed by atoms with E-state index in [9.17, 15) is 4.79 Å². The highest BCUT2D eigenvalue weighted by Gasteiger charge is 2.02. The number of carbonyl (C=O) groups excluding carboxylic acids is 1. The largest absolute Gasteiger partial charge is 0.352 e. The van der Waals surface area contributed by atoms with E-state index in [-0.39, 0.29) is 5.91 Å². The van der Waals surface area contributed by atoms with E-state index in [1.165, 1.54) is 0 Å². The predicted molar refractivity (Wildman–Crippen MR) is 80.4 cm³/mol. The fraction of sp³-hybridized carbons (Fsp3) is 0.333. The molecule has 5 heteroatoms. The Balaban J connectivity index is 1.81. The maximum absolute atomic E-state index is 11.6. The van der Waals surface area contributed by atoms with Crippen LogP contribution in [0.5, 0.6) is 0 Å². The highest BCUT2D eigenvalue weighted by Crippen LogP contribution is 2.16. The molecule has 0 saturated heterocycles. The van der Waals surface area contributed by atoms with Gasteiger partial charge in [-0.15, -0.1) is 11.6 Å². The quantitative estimate of drug-likeness (QED) is 0.608. The zero-order valence-electron chi connectivity index (χ0n) is 11.2. The van der Waals surface area contributed by atoms with Gasteiger partial charge in [-0.05, 0) is 30.0 Å². The second-order valence-electron chi connectivity index (χ2n) is 4.59. The topological polar surface area (TPSA) is 57.8 Å². The molecule has 20 heavy (non-hydrogen) atoms. The summed E-state index contributed by atoms with van der Waals surface area (Å²) in [6.07, 6.45) is 3.99. The molecule has 0 unspecified atom stereocenters. The standard InChI is InChI=1S/C15H18ClN3O/c16-9-2-1-3-15(20)17-11-12-4-6-13(7-5-12)14-8-10-18-19-14/h4-8,10H,1-3,9,11H2,(H,17,20)(H,18,19). The van der Waals surface area contributed by atoms with Crippen molar-refractivity contribution in [1.82, 2.24) is 15.5 Å². The molecule has 0 aliphatic heterocycles. The van der Waals surface area contributed by atoms with Gasteiger partial charge in [0.15, 0.2) is 0 Å². The number of alkyl halides is 1. The number of H-pyrrole nitrogens is 1. The van der Waals surface area contributed by atoms with Crippen molar-refractivity contribution in [2.75, 3.05) is 5.88 Å². The van der Waals surface area contributed by atoms with Gasteiger partial charge in [0.1, 0.15) is 0 Å². The van der Waals surface area contributed by atoms with Crippen LogP contribution in [0.4, 0.5) is 0 Å². The van der Waals surface area contributed by atoms with Crippen molar-refractivity contribution in [3.8, 4) is 11.3 Å². The Bertz CT molecular complexity index is 523. The lowest BCUT2D eigenvalue weighted by molar-refractivity contribution is -0.121. The van der Waals surface area contributed by atoms with Crippen molar-refractivity contribution in [2.45, 2.75) is 25.8 Å². The first-order chi connectivity index (χ1) is 9.79. The molecule has 0 aliphatic rings. The third-order valence-electron chi connectivity index (χ3n) is 3.04. The van der Waals surface area contributed by atoms with Crippen LogP contribution in [0, 0.1) is 0 Å². The van der Waals surface area contributed by atoms with E-state index in [1.54, 1.807) is 6.20 Å². The fourth-order valence-corrected chi connectivity index (χ4v) is 2.08. The van der Waals surface area contributed by atoms with Crippen molar-refractivity contribution in [2.24, 2.45) is 0 Å². The summed E-state index contributed by atoms with van der Waals surface area (Å²) in [6, 6.07) is 9.98. The van der Waals surface area contributed by atoms with Gasteiger partial charge in [-0.3, -0.25) is 9.89 Å². The summed E-state index contributed by atoms with van der Waals surface area (Å²) in [7, 11) is 0. The molecule has 0 saturated carbocycles. The van der Waals surface area contributed by atoms with E-state index < -0.39 is 0 Å². The Morgan fingerprint density at radius 3 is 2.65 bits per heavy atom. The number of hydrogen-bond acceptors (Lipinski definition) is 2. The van der Waals surface area contributed by atoms with Crippen LogP contribution in [0.1, 0.15) is 24.8 Å². The maximum atomic E-state index is 11.6. The number of rotatable bonds is 7. The van der Waals surface area contributed by atoms with Crippen LogP contribution in [0.15, 0.2) is 36.5 Å². The van der Waals surface area contributed by atoms with Crippen LogP contribution in [0.3, 0.4) is 0 Å². The second kappa shape index (κ2) is 7.70. The highest BCUT2D eigenvalue weighted by atomic mass is 35.5. The molecule has 1 heterocycles. The van der Waals surface area contributed by atoms with Gasteiger partial charge in [0, 0.05) is 25.0 Å². The minimum atomic E-state index is 0.0766. The molecule has 106 valence electrons. The van der Waals surface area contributed by atoms with E-state index in [0.717, 1.165) is 29.7 Å². The van der Waals surface area contributed by atoms with Crippen molar-refractivity contribution in [3.63, 3.8) is 0 Å². The lowest BCUT2D eigenvalue weighted by Crippen LogP contribution is -2.22. The number of unbranched alkanes of at least 4 members (excludes halogenated alkanes) is 1. The zero-order valence-corrected chi connectivity index (χ0v) is 12.0. The molecule has 2 rings (SSSR count). The lowest BCUT2D eigenvalue weighted by atomic mass is 10.1. The van der Waals surface area contributed by atoms with Crippen LogP contribution in [-0.2, 0) is 11.3 Å². The Kier molecular flexibility index (Phi) is 5.62. The molecule has 1 aromatic heterocycles. The summed E-state index contributed by atoms with van der Waals surface area (Å²) < 4.78 is 0. The first-order valence-electron chi connectivity index (χ1n) is 6.71. The number of benzene rings is 1. The first kappa shape index (κ1) is 14.6. The van der Waals surface area contributed by atoms with Crippen LogP contribution in [-0.4, -0.2) is 22.0 Å². The van der Waals surface area contributed by atoms with Crippen molar-refractivity contribution >= 4 is 17.5 Å². The number of carbonyl (C=O) groups is 1. The number of aromatic nitrogens is 2. The maximum Gasteiger partial charge on any atom is 0.220 e. The zero-order chi connectivity index (χ0) is 14.2. The molecular formula is C15H18ClN3O. The third-order valence-corrected chi connectivity index (χ3v) is 3.31. The minimum absolute atomic E-state index is 0.0766. The Labute approximate surface area is 123 Å². The molecule has 0 atom stereocenters. The summed E-state index contributed by atoms with van der Waals surface area (Å²) in [4.78, 5) is 11.6. The van der Waals surface area contributed by atoms with Gasteiger partial charge in [0.25, 0.3) is 0 Å². The Morgan fingerprint density at radius 1 is 1.20 bits per heavy atom. The minimum Gasteiger partial charge on any atom is -0.352 e. The van der Waals surface area contributed by atoms with Crippen molar-refractivity contribution in [3.05, 3.63) is 42.1 Å². The number of nitrogens with one attached hydrogen (secondary N) is 2. The fourth-order valence-electron chi connectivity index (χ4n) is 1.89. The summed E-state index contributed by atoms with van der Waals surface area (Å²) in [5, 5.41) is 9.76. The lowest BCUT2D eigenvalue weighted by Gasteiger charge is -2.06. The molecule has 1 aromatic carbocycles. The smallest absolute Gasteiger partial charge is 0.220 e. The van der Waals surface area contributed by atoms with Crippen molar-refractivity contribution < 1.29 is 4.79 Å². The van der Waals surface area contributed by atoms with Crippen LogP contribution < -0.4 is 5.32 Å². The number of aromatic amines is 1. The molecule has 2 aromatic rings. The highest BCUT2D eigenvalue weighted by molar-refractivity contribution is 6.17. The van der Waals surface area contributed by atoms with Gasteiger partial charge in [-0.1, -0.05) is 24.3 Å². The molecule has 0 spiro atoms. The van der Waals surface area contributed by atoms with Crippen LogP contribution >= 0.6 is 11.6 Å². The number of hydrogen-bond donors (Lipinski definition) is 2. The van der Waals surface area contributed by atoms with Gasteiger partial charge < -0.3 is 5.32 Å². The monoisotopic (exact) mass is 291 g/mol. The third kappa shape index (κ3) is 4.38. The van der Waals surface area contributed by atoms with Gasteiger partial charge >= 0.3 is 0 Å². The average molecular weight is 292 g/mol. The predicted octanol–water partition coefficient (Wildman–Crippen LogP) is 3.10. The van der Waals surface area contributed by atoms with E-state index in [1.807, 2.05) is 30.3 Å².